The third kappa shape index (κ3) is 4.78. The van der Waals surface area contributed by atoms with Gasteiger partial charge in [0.05, 0.1) is 0 Å². The second kappa shape index (κ2) is 8.77. The van der Waals surface area contributed by atoms with Crippen LogP contribution in [0.3, 0.4) is 0 Å². The summed E-state index contributed by atoms with van der Waals surface area (Å²) >= 11 is 0. The maximum absolute atomic E-state index is 2.51. The Kier molecular flexibility index (Phi) is 7.70. The number of allylic oxidation sites excluding steroid dienone is 2. The molecule has 0 saturated heterocycles. The van der Waals surface area contributed by atoms with E-state index in [2.05, 4.69) is 39.8 Å². The average Bonchev–Trinajstić information content (AvgIpc) is 2.82. The molecule has 1 rings (SSSR count). The van der Waals surface area contributed by atoms with E-state index in [4.69, 9.17) is 0 Å². The molecule has 0 nitrogen and oxygen atoms in total. The zero-order chi connectivity index (χ0) is 13.4. The summed E-state index contributed by atoms with van der Waals surface area (Å²) in [4.78, 5) is 0. The molecular formula is C18H34. The Morgan fingerprint density at radius 2 is 1.83 bits per heavy atom. The highest BCUT2D eigenvalue weighted by Crippen LogP contribution is 2.42. The molecule has 4 atom stereocenters. The molecule has 0 heteroatoms. The largest absolute Gasteiger partial charge is 0.0885 e. The molecule has 0 aromatic carbocycles. The number of unbranched alkanes of at least 4 members (excludes halogenated alkanes) is 1. The van der Waals surface area contributed by atoms with Gasteiger partial charge in [-0.1, -0.05) is 65.5 Å². The van der Waals surface area contributed by atoms with Crippen molar-refractivity contribution in [3.8, 4) is 0 Å². The van der Waals surface area contributed by atoms with Crippen LogP contribution in [0.4, 0.5) is 0 Å². The van der Waals surface area contributed by atoms with Crippen LogP contribution in [0.1, 0.15) is 79.1 Å². The second-order valence-corrected chi connectivity index (χ2v) is 6.48. The topological polar surface area (TPSA) is 0 Å². The monoisotopic (exact) mass is 250 g/mol. The molecule has 0 amide bonds. The summed E-state index contributed by atoms with van der Waals surface area (Å²) in [6.45, 7) is 9.57. The van der Waals surface area contributed by atoms with E-state index in [1.54, 1.807) is 0 Å². The molecule has 1 saturated carbocycles. The van der Waals surface area contributed by atoms with Crippen LogP contribution in [0.2, 0.25) is 0 Å². The predicted octanol–water partition coefficient (Wildman–Crippen LogP) is 6.22. The van der Waals surface area contributed by atoms with E-state index in [1.165, 1.54) is 51.4 Å². The summed E-state index contributed by atoms with van der Waals surface area (Å²) in [6, 6.07) is 0. The van der Waals surface area contributed by atoms with Gasteiger partial charge in [0, 0.05) is 0 Å². The molecule has 18 heavy (non-hydrogen) atoms. The van der Waals surface area contributed by atoms with E-state index in [0.29, 0.717) is 0 Å². The van der Waals surface area contributed by atoms with Crippen molar-refractivity contribution < 1.29 is 0 Å². The summed E-state index contributed by atoms with van der Waals surface area (Å²) in [5.74, 6) is 3.82. The first kappa shape index (κ1) is 15.8. The Morgan fingerprint density at radius 1 is 1.06 bits per heavy atom. The van der Waals surface area contributed by atoms with Crippen molar-refractivity contribution in [3.05, 3.63) is 12.2 Å². The highest BCUT2D eigenvalue weighted by Gasteiger charge is 2.32. The van der Waals surface area contributed by atoms with Gasteiger partial charge in [-0.25, -0.2) is 0 Å². The standard InChI is InChI=1S/C18H34/c1-5-7-8-9-12-17-13-10-14-18(17)16(4)15(3)11-6-2/h8-9,15-18H,5-7,10-14H2,1-4H3. The molecule has 0 radical (unpaired) electrons. The molecule has 1 aliphatic rings. The van der Waals surface area contributed by atoms with Crippen molar-refractivity contribution in [3.63, 3.8) is 0 Å². The van der Waals surface area contributed by atoms with Crippen LogP contribution in [-0.4, -0.2) is 0 Å². The van der Waals surface area contributed by atoms with Gasteiger partial charge in [-0.15, -0.1) is 0 Å². The Morgan fingerprint density at radius 3 is 2.50 bits per heavy atom. The number of hydrogen-bond donors (Lipinski definition) is 0. The summed E-state index contributed by atoms with van der Waals surface area (Å²) in [6.07, 6.45) is 15.9. The van der Waals surface area contributed by atoms with Gasteiger partial charge >= 0.3 is 0 Å². The number of hydrogen-bond acceptors (Lipinski definition) is 0. The van der Waals surface area contributed by atoms with E-state index < -0.39 is 0 Å². The SMILES string of the molecule is CCCC=CCC1CCCC1C(C)C(C)CCC. The first-order valence-electron chi connectivity index (χ1n) is 8.35. The normalized spacial score (nSPS) is 27.8. The fourth-order valence-electron chi connectivity index (χ4n) is 3.75. The minimum absolute atomic E-state index is 0.917. The summed E-state index contributed by atoms with van der Waals surface area (Å²) in [7, 11) is 0. The maximum atomic E-state index is 2.51. The molecule has 0 aromatic heterocycles. The van der Waals surface area contributed by atoms with Crippen LogP contribution in [0, 0.1) is 23.7 Å². The zero-order valence-electron chi connectivity index (χ0n) is 13.1. The lowest BCUT2D eigenvalue weighted by atomic mass is 9.76. The smallest absolute Gasteiger partial charge is 0.0319 e. The lowest BCUT2D eigenvalue weighted by molar-refractivity contribution is 0.203. The first-order chi connectivity index (χ1) is 8.70. The van der Waals surface area contributed by atoms with Crippen molar-refractivity contribution >= 4 is 0 Å². The molecule has 0 N–H and O–H groups in total. The first-order valence-corrected chi connectivity index (χ1v) is 8.35. The van der Waals surface area contributed by atoms with Gasteiger partial charge in [0.15, 0.2) is 0 Å². The van der Waals surface area contributed by atoms with Crippen LogP contribution in [0.25, 0.3) is 0 Å². The van der Waals surface area contributed by atoms with Gasteiger partial charge in [0.1, 0.15) is 0 Å². The quantitative estimate of drug-likeness (QED) is 0.448. The molecule has 0 aromatic rings. The highest BCUT2D eigenvalue weighted by atomic mass is 14.4. The van der Waals surface area contributed by atoms with Gasteiger partial charge in [-0.05, 0) is 49.4 Å². The lowest BCUT2D eigenvalue weighted by Gasteiger charge is -2.30. The van der Waals surface area contributed by atoms with Crippen molar-refractivity contribution in [1.29, 1.82) is 0 Å². The van der Waals surface area contributed by atoms with Crippen LogP contribution < -0.4 is 0 Å². The number of rotatable bonds is 8. The van der Waals surface area contributed by atoms with E-state index in [0.717, 1.165) is 23.7 Å². The van der Waals surface area contributed by atoms with E-state index in [1.807, 2.05) is 0 Å². The molecule has 4 unspecified atom stereocenters. The van der Waals surface area contributed by atoms with Crippen LogP contribution in [0.15, 0.2) is 12.2 Å². The molecular weight excluding hydrogens is 216 g/mol. The van der Waals surface area contributed by atoms with Crippen molar-refractivity contribution in [2.45, 2.75) is 79.1 Å². The molecule has 0 heterocycles. The van der Waals surface area contributed by atoms with E-state index >= 15 is 0 Å². The summed E-state index contributed by atoms with van der Waals surface area (Å²) in [5.41, 5.74) is 0. The van der Waals surface area contributed by atoms with E-state index in [-0.39, 0.29) is 0 Å². The Bertz CT molecular complexity index is 228. The second-order valence-electron chi connectivity index (χ2n) is 6.48. The van der Waals surface area contributed by atoms with Gasteiger partial charge in [-0.3, -0.25) is 0 Å². The van der Waals surface area contributed by atoms with Crippen LogP contribution in [-0.2, 0) is 0 Å². The third-order valence-electron chi connectivity index (χ3n) is 5.10. The van der Waals surface area contributed by atoms with Gasteiger partial charge < -0.3 is 0 Å². The predicted molar refractivity (Wildman–Crippen MR) is 82.7 cm³/mol. The van der Waals surface area contributed by atoms with Crippen LogP contribution in [0.5, 0.6) is 0 Å². The molecule has 1 aliphatic carbocycles. The zero-order valence-corrected chi connectivity index (χ0v) is 13.1. The minimum atomic E-state index is 0.917. The van der Waals surface area contributed by atoms with Gasteiger partial charge in [0.2, 0.25) is 0 Å². The lowest BCUT2D eigenvalue weighted by Crippen LogP contribution is -2.22. The summed E-state index contributed by atoms with van der Waals surface area (Å²) < 4.78 is 0. The van der Waals surface area contributed by atoms with Crippen molar-refractivity contribution in [2.24, 2.45) is 23.7 Å². The van der Waals surface area contributed by atoms with Crippen molar-refractivity contribution in [1.82, 2.24) is 0 Å². The fourth-order valence-corrected chi connectivity index (χ4v) is 3.75. The maximum Gasteiger partial charge on any atom is -0.0319 e. The fraction of sp³-hybridized carbons (Fsp3) is 0.889. The minimum Gasteiger partial charge on any atom is -0.0885 e. The Labute approximate surface area is 115 Å². The highest BCUT2D eigenvalue weighted by molar-refractivity contribution is 4.90. The summed E-state index contributed by atoms with van der Waals surface area (Å²) in [5, 5.41) is 0. The molecule has 1 fully saturated rings. The van der Waals surface area contributed by atoms with Gasteiger partial charge in [-0.2, -0.15) is 0 Å². The molecule has 0 spiro atoms. The average molecular weight is 250 g/mol. The molecule has 0 aliphatic heterocycles. The van der Waals surface area contributed by atoms with Crippen LogP contribution >= 0.6 is 0 Å². The molecule has 0 bridgehead atoms. The third-order valence-corrected chi connectivity index (χ3v) is 5.10. The molecule has 106 valence electrons. The van der Waals surface area contributed by atoms with E-state index in [9.17, 15) is 0 Å². The van der Waals surface area contributed by atoms with Crippen molar-refractivity contribution in [2.75, 3.05) is 0 Å². The Hall–Kier alpha value is -0.260. The van der Waals surface area contributed by atoms with Gasteiger partial charge in [0.25, 0.3) is 0 Å². The Balaban J connectivity index is 2.43.